The van der Waals surface area contributed by atoms with Gasteiger partial charge in [0.2, 0.25) is 0 Å². The number of pyridine rings is 2. The first-order valence-corrected chi connectivity index (χ1v) is 6.19. The fourth-order valence-electron chi connectivity index (χ4n) is 2.22. The van der Waals surface area contributed by atoms with Crippen molar-refractivity contribution in [3.63, 3.8) is 0 Å². The number of aromatic nitrogens is 2. The van der Waals surface area contributed by atoms with E-state index in [2.05, 4.69) is 4.98 Å². The second kappa shape index (κ2) is 7.85. The van der Waals surface area contributed by atoms with Crippen LogP contribution in [0, 0.1) is 56.7 Å². The van der Waals surface area contributed by atoms with Crippen LogP contribution in [0.15, 0.2) is 18.3 Å². The van der Waals surface area contributed by atoms with E-state index < -0.39 is 0 Å². The van der Waals surface area contributed by atoms with Gasteiger partial charge in [0.1, 0.15) is 42.1 Å². The molecule has 2 rings (SSSR count). The molecular weight excluding hydrogens is 313 g/mol. The second-order valence-corrected chi connectivity index (χ2v) is 4.37. The van der Waals surface area contributed by atoms with Crippen molar-refractivity contribution in [2.24, 2.45) is 7.05 Å². The van der Waals surface area contributed by atoms with E-state index in [1.165, 1.54) is 29.9 Å². The molecule has 2 aromatic rings. The van der Waals surface area contributed by atoms with Crippen LogP contribution in [0.5, 0.6) is 0 Å². The Bertz CT molecular complexity index is 984. The molecule has 0 bridgehead atoms. The first-order valence-electron chi connectivity index (χ1n) is 6.19. The number of rotatable bonds is 1. The standard InChI is InChI=1S/C16H6N7.Na.H/c1-23-14(8-20)12(6-18)16(13(7-19)15(23)9-21)10-2-3-22-11(4-10)5-17;;/h2-4H,1H3;;/q+1;;. The topological polar surface area (TPSA) is 136 Å². The summed E-state index contributed by atoms with van der Waals surface area (Å²) in [6.07, 6.45) is 1.36. The maximum atomic E-state index is 9.44. The van der Waals surface area contributed by atoms with E-state index in [9.17, 15) is 21.0 Å². The van der Waals surface area contributed by atoms with Gasteiger partial charge in [-0.15, -0.1) is 0 Å². The molecule has 0 atom stereocenters. The molecule has 7 nitrogen and oxygen atoms in total. The molecule has 0 unspecified atom stereocenters. The fourth-order valence-corrected chi connectivity index (χ4v) is 2.22. The average Bonchev–Trinajstić information content (AvgIpc) is 2.60. The molecule has 2 aromatic heterocycles. The summed E-state index contributed by atoms with van der Waals surface area (Å²) in [4.78, 5) is 3.83. The van der Waals surface area contributed by atoms with Gasteiger partial charge in [0.25, 0.3) is 0 Å². The molecule has 0 saturated carbocycles. The van der Waals surface area contributed by atoms with Crippen molar-refractivity contribution in [3.8, 4) is 41.5 Å². The number of nitriles is 5. The summed E-state index contributed by atoms with van der Waals surface area (Å²) in [6, 6.07) is 12.4. The first-order chi connectivity index (χ1) is 11.1. The van der Waals surface area contributed by atoms with Crippen molar-refractivity contribution in [1.29, 1.82) is 26.3 Å². The Kier molecular flexibility index (Phi) is 6.14. The van der Waals surface area contributed by atoms with Crippen molar-refractivity contribution in [1.82, 2.24) is 4.98 Å². The van der Waals surface area contributed by atoms with E-state index in [-0.39, 0.29) is 63.3 Å². The van der Waals surface area contributed by atoms with E-state index in [0.717, 1.165) is 0 Å². The molecule has 0 saturated heterocycles. The van der Waals surface area contributed by atoms with Crippen LogP contribution >= 0.6 is 0 Å². The molecular formula is C16H7N7Na+. The minimum atomic E-state index is -0.0339. The van der Waals surface area contributed by atoms with Gasteiger partial charge in [-0.25, -0.2) is 4.98 Å². The normalized spacial score (nSPS) is 8.50. The molecule has 2 heterocycles. The Morgan fingerprint density at radius 3 is 1.83 bits per heavy atom. The monoisotopic (exact) mass is 320 g/mol. The zero-order valence-corrected chi connectivity index (χ0v) is 11.9. The SMILES string of the molecule is C[n+]1c(C#N)c(C#N)c(-c2ccnc(C#N)c2)c(C#N)c1C#N.[NaH]. The Morgan fingerprint density at radius 2 is 1.42 bits per heavy atom. The van der Waals surface area contributed by atoms with E-state index in [1.807, 2.05) is 30.3 Å². The second-order valence-electron chi connectivity index (χ2n) is 4.37. The molecule has 24 heavy (non-hydrogen) atoms. The molecule has 0 amide bonds. The summed E-state index contributed by atoms with van der Waals surface area (Å²) in [7, 11) is 1.44. The van der Waals surface area contributed by atoms with Gasteiger partial charge in [-0.3, -0.25) is 0 Å². The summed E-state index contributed by atoms with van der Waals surface area (Å²) in [5, 5.41) is 46.4. The predicted octanol–water partition coefficient (Wildman–Crippen LogP) is 0.283. The minimum absolute atomic E-state index is 0. The van der Waals surface area contributed by atoms with E-state index in [4.69, 9.17) is 5.26 Å². The third-order valence-corrected chi connectivity index (χ3v) is 3.24. The summed E-state index contributed by atoms with van der Waals surface area (Å²) in [6.45, 7) is 0. The summed E-state index contributed by atoms with van der Waals surface area (Å²) in [5.74, 6) is 0. The Hall–Kier alpha value is -3.25. The van der Waals surface area contributed by atoms with Crippen LogP contribution < -0.4 is 4.57 Å². The van der Waals surface area contributed by atoms with Gasteiger partial charge >= 0.3 is 40.9 Å². The van der Waals surface area contributed by atoms with Crippen LogP contribution in [0.25, 0.3) is 11.1 Å². The van der Waals surface area contributed by atoms with Crippen molar-refractivity contribution >= 4 is 29.6 Å². The van der Waals surface area contributed by atoms with Crippen LogP contribution in [-0.4, -0.2) is 34.5 Å². The van der Waals surface area contributed by atoms with Gasteiger partial charge in [0.05, 0.1) is 0 Å². The molecule has 0 fully saturated rings. The van der Waals surface area contributed by atoms with Gasteiger partial charge in [-0.1, -0.05) is 0 Å². The van der Waals surface area contributed by atoms with Crippen LogP contribution in [0.3, 0.4) is 0 Å². The van der Waals surface area contributed by atoms with Crippen LogP contribution in [-0.2, 0) is 7.05 Å². The number of nitrogens with zero attached hydrogens (tertiary/aromatic N) is 7. The van der Waals surface area contributed by atoms with Crippen LogP contribution in [0.2, 0.25) is 0 Å². The van der Waals surface area contributed by atoms with Crippen LogP contribution in [0.1, 0.15) is 28.2 Å². The molecule has 0 N–H and O–H groups in total. The molecule has 0 aliphatic rings. The predicted molar refractivity (Wildman–Crippen MR) is 81.6 cm³/mol. The van der Waals surface area contributed by atoms with E-state index in [0.29, 0.717) is 5.56 Å². The van der Waals surface area contributed by atoms with Crippen LogP contribution in [0.4, 0.5) is 0 Å². The average molecular weight is 320 g/mol. The maximum absolute atomic E-state index is 9.44. The Labute approximate surface area is 160 Å². The number of hydrogen-bond acceptors (Lipinski definition) is 6. The van der Waals surface area contributed by atoms with Crippen molar-refractivity contribution in [2.75, 3.05) is 0 Å². The summed E-state index contributed by atoms with van der Waals surface area (Å²) in [5.41, 5.74) is 0.502. The third-order valence-electron chi connectivity index (χ3n) is 3.24. The molecule has 0 aliphatic heterocycles. The fraction of sp³-hybridized carbons (Fsp3) is 0.0625. The van der Waals surface area contributed by atoms with Gasteiger partial charge in [0.15, 0.2) is 12.1 Å². The molecule has 0 aromatic carbocycles. The Morgan fingerprint density at radius 1 is 0.875 bits per heavy atom. The number of hydrogen-bond donors (Lipinski definition) is 0. The zero-order chi connectivity index (χ0) is 17.0. The zero-order valence-electron chi connectivity index (χ0n) is 11.9. The molecule has 8 heteroatoms. The quantitative estimate of drug-likeness (QED) is 0.547. The Balaban J connectivity index is 0.00000288. The van der Waals surface area contributed by atoms with Gasteiger partial charge in [0, 0.05) is 11.8 Å². The molecule has 106 valence electrons. The van der Waals surface area contributed by atoms with Crippen molar-refractivity contribution in [3.05, 3.63) is 46.5 Å². The van der Waals surface area contributed by atoms with Gasteiger partial charge < -0.3 is 0 Å². The third kappa shape index (κ3) is 2.95. The molecule has 0 aliphatic carbocycles. The molecule has 0 radical (unpaired) electrons. The first kappa shape index (κ1) is 18.8. The van der Waals surface area contributed by atoms with Gasteiger partial charge in [-0.05, 0) is 17.7 Å². The van der Waals surface area contributed by atoms with Crippen molar-refractivity contribution in [2.45, 2.75) is 0 Å². The summed E-state index contributed by atoms with van der Waals surface area (Å²) >= 11 is 0. The molecule has 0 spiro atoms. The summed E-state index contributed by atoms with van der Waals surface area (Å²) < 4.78 is 1.22. The van der Waals surface area contributed by atoms with Crippen molar-refractivity contribution < 1.29 is 4.57 Å². The van der Waals surface area contributed by atoms with E-state index >= 15 is 0 Å². The van der Waals surface area contributed by atoms with Gasteiger partial charge in [-0.2, -0.15) is 30.9 Å². The van der Waals surface area contributed by atoms with E-state index in [1.54, 1.807) is 0 Å².